The first-order chi connectivity index (χ1) is 6.46. The number of alkyl halides is 1. The zero-order chi connectivity index (χ0) is 11.4. The molecule has 0 aromatic carbocycles. The zero-order valence-electron chi connectivity index (χ0n) is 10.6. The first-order valence-electron chi connectivity index (χ1n) is 5.74. The van der Waals surface area contributed by atoms with Gasteiger partial charge in [-0.3, -0.25) is 4.90 Å². The summed E-state index contributed by atoms with van der Waals surface area (Å²) in [4.78, 5) is 2.21. The summed E-state index contributed by atoms with van der Waals surface area (Å²) in [5.41, 5.74) is 0.290. The van der Waals surface area contributed by atoms with Gasteiger partial charge in [0, 0.05) is 12.1 Å². The third kappa shape index (κ3) is 3.23. The first kappa shape index (κ1) is 13.9. The van der Waals surface area contributed by atoms with Crippen molar-refractivity contribution in [2.24, 2.45) is 5.41 Å². The van der Waals surface area contributed by atoms with Crippen molar-refractivity contribution in [1.82, 2.24) is 4.90 Å². The number of nitrogens with zero attached hydrogens (tertiary/aromatic N) is 1. The maximum Gasteiger partial charge on any atom is 0.105 e. The van der Waals surface area contributed by atoms with Crippen LogP contribution in [0.1, 0.15) is 47.5 Å². The molecule has 1 fully saturated rings. The second-order valence-electron chi connectivity index (χ2n) is 4.93. The molecule has 1 aliphatic rings. The highest BCUT2D eigenvalue weighted by Gasteiger charge is 2.37. The molecule has 2 unspecified atom stereocenters. The normalized spacial score (nSPS) is 28.5. The summed E-state index contributed by atoms with van der Waals surface area (Å²) in [6, 6.07) is 0.729. The van der Waals surface area contributed by atoms with Crippen LogP contribution in [-0.4, -0.2) is 30.7 Å². The van der Waals surface area contributed by atoms with Gasteiger partial charge < -0.3 is 0 Å². The molecule has 0 radical (unpaired) electrons. The minimum absolute atomic E-state index is 0.175. The topological polar surface area (TPSA) is 3.24 Å². The standard InChI is InChI=1S/C10H20FN.C2H6/c1-10(2,3)9-6-5-8(7-11)12(9)4;1-2/h8-9H,5-7H2,1-4H3;1-2H3. The highest BCUT2D eigenvalue weighted by molar-refractivity contribution is 4.91. The molecule has 14 heavy (non-hydrogen) atoms. The van der Waals surface area contributed by atoms with Gasteiger partial charge in [0.2, 0.25) is 0 Å². The van der Waals surface area contributed by atoms with E-state index in [2.05, 4.69) is 25.7 Å². The van der Waals surface area contributed by atoms with Crippen LogP contribution in [0.2, 0.25) is 0 Å². The van der Waals surface area contributed by atoms with E-state index in [1.54, 1.807) is 0 Å². The second-order valence-corrected chi connectivity index (χ2v) is 4.93. The van der Waals surface area contributed by atoms with Gasteiger partial charge in [0.05, 0.1) is 0 Å². The van der Waals surface area contributed by atoms with E-state index < -0.39 is 0 Å². The molecule has 2 heteroatoms. The summed E-state index contributed by atoms with van der Waals surface area (Å²) in [6.45, 7) is 10.5. The molecule has 0 spiro atoms. The minimum atomic E-state index is -0.191. The predicted octanol–water partition coefficient (Wildman–Crippen LogP) is 3.49. The monoisotopic (exact) mass is 203 g/mol. The van der Waals surface area contributed by atoms with Crippen LogP contribution in [0.3, 0.4) is 0 Å². The van der Waals surface area contributed by atoms with Gasteiger partial charge >= 0.3 is 0 Å². The fourth-order valence-corrected chi connectivity index (χ4v) is 2.24. The molecule has 0 bridgehead atoms. The molecule has 86 valence electrons. The minimum Gasteiger partial charge on any atom is -0.297 e. The van der Waals surface area contributed by atoms with Crippen LogP contribution >= 0.6 is 0 Å². The van der Waals surface area contributed by atoms with Gasteiger partial charge in [-0.05, 0) is 25.3 Å². The quantitative estimate of drug-likeness (QED) is 0.630. The maximum atomic E-state index is 12.5. The maximum absolute atomic E-state index is 12.5. The number of hydrogen-bond donors (Lipinski definition) is 0. The lowest BCUT2D eigenvalue weighted by Crippen LogP contribution is -2.41. The van der Waals surface area contributed by atoms with Crippen LogP contribution in [-0.2, 0) is 0 Å². The highest BCUT2D eigenvalue weighted by atomic mass is 19.1. The molecule has 0 aromatic heterocycles. The second kappa shape index (κ2) is 5.69. The summed E-state index contributed by atoms with van der Waals surface area (Å²) in [6.07, 6.45) is 2.17. The average Bonchev–Trinajstić information content (AvgIpc) is 2.49. The highest BCUT2D eigenvalue weighted by Crippen LogP contribution is 2.34. The Morgan fingerprint density at radius 3 is 1.93 bits per heavy atom. The molecule has 1 heterocycles. The van der Waals surface area contributed by atoms with Crippen LogP contribution in [0.15, 0.2) is 0 Å². The molecule has 1 aliphatic heterocycles. The Labute approximate surface area is 88.7 Å². The summed E-state index contributed by atoms with van der Waals surface area (Å²) in [7, 11) is 2.05. The Morgan fingerprint density at radius 2 is 1.71 bits per heavy atom. The largest absolute Gasteiger partial charge is 0.297 e. The molecule has 1 rings (SSSR count). The van der Waals surface area contributed by atoms with Crippen molar-refractivity contribution in [2.45, 2.75) is 59.5 Å². The lowest BCUT2D eigenvalue weighted by Gasteiger charge is -2.34. The molecular weight excluding hydrogens is 177 g/mol. The summed E-state index contributed by atoms with van der Waals surface area (Å²) >= 11 is 0. The van der Waals surface area contributed by atoms with Crippen molar-refractivity contribution in [1.29, 1.82) is 0 Å². The SMILES string of the molecule is CC.CN1C(CF)CCC1C(C)(C)C. The van der Waals surface area contributed by atoms with Gasteiger partial charge in [0.25, 0.3) is 0 Å². The Balaban J connectivity index is 0.000000791. The fourth-order valence-electron chi connectivity index (χ4n) is 2.24. The van der Waals surface area contributed by atoms with E-state index in [-0.39, 0.29) is 12.7 Å². The van der Waals surface area contributed by atoms with Crippen molar-refractivity contribution in [3.63, 3.8) is 0 Å². The van der Waals surface area contributed by atoms with E-state index in [0.29, 0.717) is 11.5 Å². The van der Waals surface area contributed by atoms with Gasteiger partial charge in [0.1, 0.15) is 6.67 Å². The van der Waals surface area contributed by atoms with E-state index in [4.69, 9.17) is 0 Å². The molecule has 1 saturated heterocycles. The zero-order valence-corrected chi connectivity index (χ0v) is 10.6. The van der Waals surface area contributed by atoms with E-state index in [0.717, 1.165) is 12.8 Å². The van der Waals surface area contributed by atoms with Crippen molar-refractivity contribution in [2.75, 3.05) is 13.7 Å². The van der Waals surface area contributed by atoms with E-state index in [1.807, 2.05) is 20.9 Å². The average molecular weight is 203 g/mol. The predicted molar refractivity (Wildman–Crippen MR) is 61.4 cm³/mol. The van der Waals surface area contributed by atoms with Crippen LogP contribution in [0, 0.1) is 5.41 Å². The molecule has 0 saturated carbocycles. The Bertz CT molecular complexity index is 151. The van der Waals surface area contributed by atoms with E-state index in [1.165, 1.54) is 0 Å². The lowest BCUT2D eigenvalue weighted by atomic mass is 9.85. The van der Waals surface area contributed by atoms with Gasteiger partial charge in [-0.1, -0.05) is 34.6 Å². The molecule has 0 aliphatic carbocycles. The Kier molecular flexibility index (Phi) is 5.65. The van der Waals surface area contributed by atoms with Crippen LogP contribution < -0.4 is 0 Å². The summed E-state index contributed by atoms with van der Waals surface area (Å²) in [5, 5.41) is 0. The van der Waals surface area contributed by atoms with Gasteiger partial charge in [-0.25, -0.2) is 4.39 Å². The van der Waals surface area contributed by atoms with Gasteiger partial charge in [0.15, 0.2) is 0 Å². The third-order valence-electron chi connectivity index (χ3n) is 3.02. The van der Waals surface area contributed by atoms with Gasteiger partial charge in [-0.15, -0.1) is 0 Å². The van der Waals surface area contributed by atoms with Crippen molar-refractivity contribution >= 4 is 0 Å². The van der Waals surface area contributed by atoms with Crippen LogP contribution in [0.4, 0.5) is 4.39 Å². The number of halogens is 1. The molecule has 0 amide bonds. The Morgan fingerprint density at radius 1 is 1.21 bits per heavy atom. The van der Waals surface area contributed by atoms with Crippen molar-refractivity contribution in [3.8, 4) is 0 Å². The van der Waals surface area contributed by atoms with Crippen molar-refractivity contribution < 1.29 is 4.39 Å². The third-order valence-corrected chi connectivity index (χ3v) is 3.02. The lowest BCUT2D eigenvalue weighted by molar-refractivity contribution is 0.125. The molecule has 0 N–H and O–H groups in total. The van der Waals surface area contributed by atoms with E-state index >= 15 is 0 Å². The van der Waals surface area contributed by atoms with Crippen LogP contribution in [0.5, 0.6) is 0 Å². The number of likely N-dealkylation sites (tertiary alicyclic amines) is 1. The molecule has 2 atom stereocenters. The van der Waals surface area contributed by atoms with Gasteiger partial charge in [-0.2, -0.15) is 0 Å². The molecule has 1 nitrogen and oxygen atoms in total. The Hall–Kier alpha value is -0.110. The fraction of sp³-hybridized carbons (Fsp3) is 1.00. The first-order valence-corrected chi connectivity index (χ1v) is 5.74. The van der Waals surface area contributed by atoms with E-state index in [9.17, 15) is 4.39 Å². The van der Waals surface area contributed by atoms with Crippen LogP contribution in [0.25, 0.3) is 0 Å². The van der Waals surface area contributed by atoms with Crippen molar-refractivity contribution in [3.05, 3.63) is 0 Å². The summed E-state index contributed by atoms with van der Waals surface area (Å²) < 4.78 is 12.5. The summed E-state index contributed by atoms with van der Waals surface area (Å²) in [5.74, 6) is 0. The molecular formula is C12H26FN. The number of hydrogen-bond acceptors (Lipinski definition) is 1. The molecule has 0 aromatic rings. The number of rotatable bonds is 1. The smallest absolute Gasteiger partial charge is 0.105 e.